The summed E-state index contributed by atoms with van der Waals surface area (Å²) in [6.45, 7) is 5.21. The van der Waals surface area contributed by atoms with Crippen molar-refractivity contribution in [2.75, 3.05) is 32.8 Å². The highest BCUT2D eigenvalue weighted by Gasteiger charge is 2.26. The van der Waals surface area contributed by atoms with Gasteiger partial charge >= 0.3 is 11.8 Å². The van der Waals surface area contributed by atoms with Crippen molar-refractivity contribution in [2.24, 2.45) is 0 Å². The standard InChI is InChI=1S/C16H21N3O5S/c1-2-7-17-15(20)16(21)18-12-13-3-5-14(6-4-13)25(22,23)19-8-10-24-11-9-19/h2-6H,1,7-12H2,(H,17,20)(H,18,21). The van der Waals surface area contributed by atoms with Crippen molar-refractivity contribution in [3.8, 4) is 0 Å². The van der Waals surface area contributed by atoms with E-state index in [0.29, 0.717) is 31.9 Å². The minimum Gasteiger partial charge on any atom is -0.379 e. The maximum atomic E-state index is 12.5. The molecular formula is C16H21N3O5S. The van der Waals surface area contributed by atoms with Crippen molar-refractivity contribution in [1.82, 2.24) is 14.9 Å². The number of ether oxygens (including phenoxy) is 1. The lowest BCUT2D eigenvalue weighted by atomic mass is 10.2. The molecule has 1 saturated heterocycles. The van der Waals surface area contributed by atoms with Gasteiger partial charge in [-0.25, -0.2) is 8.42 Å². The average Bonchev–Trinajstić information content (AvgIpc) is 2.65. The number of sulfonamides is 1. The molecule has 1 heterocycles. The van der Waals surface area contributed by atoms with Crippen LogP contribution >= 0.6 is 0 Å². The van der Waals surface area contributed by atoms with Gasteiger partial charge in [0.2, 0.25) is 10.0 Å². The Morgan fingerprint density at radius 3 is 2.32 bits per heavy atom. The third-order valence-corrected chi connectivity index (χ3v) is 5.51. The van der Waals surface area contributed by atoms with Gasteiger partial charge in [0.15, 0.2) is 0 Å². The Morgan fingerprint density at radius 2 is 1.72 bits per heavy atom. The van der Waals surface area contributed by atoms with Gasteiger partial charge in [-0.1, -0.05) is 18.2 Å². The van der Waals surface area contributed by atoms with Gasteiger partial charge in [-0.2, -0.15) is 4.31 Å². The highest BCUT2D eigenvalue weighted by Crippen LogP contribution is 2.17. The lowest BCUT2D eigenvalue weighted by molar-refractivity contribution is -0.139. The number of benzene rings is 1. The van der Waals surface area contributed by atoms with Crippen LogP contribution in [0.3, 0.4) is 0 Å². The number of rotatable bonds is 6. The molecule has 1 aliphatic rings. The third kappa shape index (κ3) is 5.12. The number of amides is 2. The first kappa shape index (κ1) is 19.1. The molecule has 2 N–H and O–H groups in total. The second kappa shape index (κ2) is 8.75. The molecule has 136 valence electrons. The van der Waals surface area contributed by atoms with Crippen LogP contribution in [0.2, 0.25) is 0 Å². The topological polar surface area (TPSA) is 105 Å². The van der Waals surface area contributed by atoms with Crippen molar-refractivity contribution >= 4 is 21.8 Å². The molecule has 8 nitrogen and oxygen atoms in total. The van der Waals surface area contributed by atoms with Crippen LogP contribution in [-0.4, -0.2) is 57.4 Å². The smallest absolute Gasteiger partial charge is 0.309 e. The Labute approximate surface area is 146 Å². The molecule has 2 rings (SSSR count). The number of carbonyl (C=O) groups is 2. The first-order valence-electron chi connectivity index (χ1n) is 7.79. The van der Waals surface area contributed by atoms with E-state index in [4.69, 9.17) is 4.74 Å². The molecule has 0 radical (unpaired) electrons. The lowest BCUT2D eigenvalue weighted by Gasteiger charge is -2.26. The summed E-state index contributed by atoms with van der Waals surface area (Å²) in [4.78, 5) is 23.2. The summed E-state index contributed by atoms with van der Waals surface area (Å²) in [5.41, 5.74) is 0.686. The van der Waals surface area contributed by atoms with Gasteiger partial charge in [0.25, 0.3) is 0 Å². The fourth-order valence-corrected chi connectivity index (χ4v) is 3.63. The zero-order valence-corrected chi connectivity index (χ0v) is 14.5. The van der Waals surface area contributed by atoms with Crippen LogP contribution in [0.15, 0.2) is 41.8 Å². The van der Waals surface area contributed by atoms with Gasteiger partial charge in [-0.05, 0) is 17.7 Å². The molecule has 0 aromatic heterocycles. The van der Waals surface area contributed by atoms with Crippen molar-refractivity contribution in [2.45, 2.75) is 11.4 Å². The second-order valence-electron chi connectivity index (χ2n) is 5.34. The van der Waals surface area contributed by atoms with Crippen molar-refractivity contribution in [3.63, 3.8) is 0 Å². The predicted molar refractivity (Wildman–Crippen MR) is 91.1 cm³/mol. The van der Waals surface area contributed by atoms with Crippen molar-refractivity contribution in [3.05, 3.63) is 42.5 Å². The maximum Gasteiger partial charge on any atom is 0.309 e. The SMILES string of the molecule is C=CCNC(=O)C(=O)NCc1ccc(S(=O)(=O)N2CCOCC2)cc1. The fourth-order valence-electron chi connectivity index (χ4n) is 2.22. The van der Waals surface area contributed by atoms with Gasteiger partial charge in [0.05, 0.1) is 18.1 Å². The molecule has 0 atom stereocenters. The molecule has 1 aromatic rings. The maximum absolute atomic E-state index is 12.5. The molecule has 9 heteroatoms. The van der Waals surface area contributed by atoms with E-state index >= 15 is 0 Å². The van der Waals surface area contributed by atoms with E-state index < -0.39 is 21.8 Å². The van der Waals surface area contributed by atoms with E-state index in [9.17, 15) is 18.0 Å². The molecule has 2 amide bonds. The van der Waals surface area contributed by atoms with Crippen LogP contribution in [-0.2, 0) is 30.9 Å². The molecule has 1 aromatic carbocycles. The lowest BCUT2D eigenvalue weighted by Crippen LogP contribution is -2.40. The van der Waals surface area contributed by atoms with Crippen molar-refractivity contribution < 1.29 is 22.7 Å². The van der Waals surface area contributed by atoms with Gasteiger partial charge in [-0.15, -0.1) is 6.58 Å². The Balaban J connectivity index is 1.94. The van der Waals surface area contributed by atoms with E-state index in [1.165, 1.54) is 22.5 Å². The first-order chi connectivity index (χ1) is 11.9. The largest absolute Gasteiger partial charge is 0.379 e. The highest BCUT2D eigenvalue weighted by molar-refractivity contribution is 7.89. The number of carbonyl (C=O) groups excluding carboxylic acids is 2. The summed E-state index contributed by atoms with van der Waals surface area (Å²) in [7, 11) is -3.54. The molecule has 0 bridgehead atoms. The van der Waals surface area contributed by atoms with E-state index in [0.717, 1.165) is 0 Å². The normalized spacial score (nSPS) is 15.4. The molecule has 25 heavy (non-hydrogen) atoms. The number of nitrogens with one attached hydrogen (secondary N) is 2. The minimum atomic E-state index is -3.54. The Hall–Kier alpha value is -2.23. The molecule has 0 spiro atoms. The predicted octanol–water partition coefficient (Wildman–Crippen LogP) is -0.374. The Kier molecular flexibility index (Phi) is 6.68. The third-order valence-electron chi connectivity index (χ3n) is 3.60. The van der Waals surface area contributed by atoms with Crippen LogP contribution in [0.4, 0.5) is 0 Å². The fraction of sp³-hybridized carbons (Fsp3) is 0.375. The average molecular weight is 367 g/mol. The molecule has 0 unspecified atom stereocenters. The monoisotopic (exact) mass is 367 g/mol. The summed E-state index contributed by atoms with van der Waals surface area (Å²) in [5.74, 6) is -1.50. The molecular weight excluding hydrogens is 346 g/mol. The first-order valence-corrected chi connectivity index (χ1v) is 9.23. The number of hydrogen-bond acceptors (Lipinski definition) is 5. The van der Waals surface area contributed by atoms with Crippen LogP contribution in [0.25, 0.3) is 0 Å². The summed E-state index contributed by atoms with van der Waals surface area (Å²) in [5, 5.41) is 4.84. The summed E-state index contributed by atoms with van der Waals surface area (Å²) in [6.07, 6.45) is 1.47. The van der Waals surface area contributed by atoms with Crippen molar-refractivity contribution in [1.29, 1.82) is 0 Å². The molecule has 0 aliphatic carbocycles. The quantitative estimate of drug-likeness (QED) is 0.527. The number of hydrogen-bond donors (Lipinski definition) is 2. The molecule has 1 aliphatic heterocycles. The van der Waals surface area contributed by atoms with Gasteiger partial charge in [0.1, 0.15) is 0 Å². The highest BCUT2D eigenvalue weighted by atomic mass is 32.2. The van der Waals surface area contributed by atoms with Gasteiger partial charge in [0, 0.05) is 26.2 Å². The van der Waals surface area contributed by atoms with E-state index in [-0.39, 0.29) is 18.0 Å². The van der Waals surface area contributed by atoms with E-state index in [1.807, 2.05) is 0 Å². The van der Waals surface area contributed by atoms with E-state index in [1.54, 1.807) is 12.1 Å². The zero-order valence-electron chi connectivity index (χ0n) is 13.7. The van der Waals surface area contributed by atoms with Crippen LogP contribution in [0.5, 0.6) is 0 Å². The second-order valence-corrected chi connectivity index (χ2v) is 7.28. The van der Waals surface area contributed by atoms with Gasteiger partial charge < -0.3 is 15.4 Å². The Bertz CT molecular complexity index is 725. The van der Waals surface area contributed by atoms with Crippen LogP contribution in [0.1, 0.15) is 5.56 Å². The van der Waals surface area contributed by atoms with Crippen LogP contribution < -0.4 is 10.6 Å². The molecule has 1 fully saturated rings. The molecule has 0 saturated carbocycles. The summed E-state index contributed by atoms with van der Waals surface area (Å²) >= 11 is 0. The number of nitrogens with zero attached hydrogens (tertiary/aromatic N) is 1. The summed E-state index contributed by atoms with van der Waals surface area (Å²) < 4.78 is 31.5. The van der Waals surface area contributed by atoms with Crippen LogP contribution in [0, 0.1) is 0 Å². The number of morpholine rings is 1. The Morgan fingerprint density at radius 1 is 1.12 bits per heavy atom. The van der Waals surface area contributed by atoms with E-state index in [2.05, 4.69) is 17.2 Å². The minimum absolute atomic E-state index is 0.123. The van der Waals surface area contributed by atoms with Gasteiger partial charge in [-0.3, -0.25) is 9.59 Å². The summed E-state index contributed by atoms with van der Waals surface area (Å²) in [6, 6.07) is 6.19. The zero-order chi connectivity index (χ0) is 18.3.